The van der Waals surface area contributed by atoms with Crippen molar-refractivity contribution in [2.24, 2.45) is 0 Å². The molecule has 8 heteroatoms. The van der Waals surface area contributed by atoms with Crippen LogP contribution in [0.3, 0.4) is 0 Å². The summed E-state index contributed by atoms with van der Waals surface area (Å²) in [5, 5.41) is 19.9. The van der Waals surface area contributed by atoms with Gasteiger partial charge in [-0.15, -0.1) is 0 Å². The Hall–Kier alpha value is -3.03. The van der Waals surface area contributed by atoms with E-state index in [0.717, 1.165) is 12.1 Å². The molecule has 7 nitrogen and oxygen atoms in total. The molecule has 0 fully saturated rings. The number of halogens is 1. The van der Waals surface area contributed by atoms with Crippen molar-refractivity contribution in [3.63, 3.8) is 0 Å². The largest absolute Gasteiger partial charge is 0.478 e. The monoisotopic (exact) mass is 279 g/mol. The third kappa shape index (κ3) is 2.14. The Morgan fingerprint density at radius 2 is 2.05 bits per heavy atom. The first-order valence-corrected chi connectivity index (χ1v) is 5.21. The van der Waals surface area contributed by atoms with Crippen molar-refractivity contribution in [2.75, 3.05) is 0 Å². The van der Waals surface area contributed by atoms with E-state index in [9.17, 15) is 24.1 Å². The van der Waals surface area contributed by atoms with Crippen LogP contribution in [0.15, 0.2) is 28.7 Å². The number of carbonyl (C=O) groups is 2. The number of hydrogen-bond donors (Lipinski definition) is 1. The normalized spacial score (nSPS) is 10.2. The van der Waals surface area contributed by atoms with Crippen LogP contribution in [0.4, 0.5) is 10.1 Å². The standard InChI is InChI=1S/C12H6FNO6/c13-7-2-3-8(14(18)19)11(10(7)12(16)17)9-4-1-6(5-15)20-9/h1-5H,(H,16,17). The Bertz CT molecular complexity index is 721. The molecular formula is C12H6FNO6. The zero-order chi connectivity index (χ0) is 14.9. The summed E-state index contributed by atoms with van der Waals surface area (Å²) >= 11 is 0. The van der Waals surface area contributed by atoms with Crippen LogP contribution in [0.25, 0.3) is 11.3 Å². The highest BCUT2D eigenvalue weighted by molar-refractivity contribution is 5.98. The number of carbonyl (C=O) groups excluding carboxylic acids is 1. The van der Waals surface area contributed by atoms with Crippen LogP contribution in [0.5, 0.6) is 0 Å². The van der Waals surface area contributed by atoms with E-state index in [4.69, 9.17) is 9.52 Å². The van der Waals surface area contributed by atoms with Crippen molar-refractivity contribution in [1.82, 2.24) is 0 Å². The Kier molecular flexibility index (Phi) is 3.30. The average Bonchev–Trinajstić information content (AvgIpc) is 2.85. The first-order chi connectivity index (χ1) is 9.45. The summed E-state index contributed by atoms with van der Waals surface area (Å²) in [6.45, 7) is 0. The van der Waals surface area contributed by atoms with E-state index < -0.39 is 33.5 Å². The third-order valence-electron chi connectivity index (χ3n) is 2.53. The molecule has 0 amide bonds. The van der Waals surface area contributed by atoms with Crippen molar-refractivity contribution < 1.29 is 28.4 Å². The number of carboxylic acids is 1. The zero-order valence-electron chi connectivity index (χ0n) is 9.70. The second-order valence-electron chi connectivity index (χ2n) is 3.70. The Labute approximate surface area is 110 Å². The molecule has 0 aliphatic rings. The van der Waals surface area contributed by atoms with Crippen molar-refractivity contribution in [3.8, 4) is 11.3 Å². The SMILES string of the molecule is O=Cc1ccc(-c2c([N+](=O)[O-])ccc(F)c2C(=O)O)o1. The summed E-state index contributed by atoms with van der Waals surface area (Å²) in [4.78, 5) is 31.7. The molecule has 20 heavy (non-hydrogen) atoms. The second kappa shape index (κ2) is 4.92. The van der Waals surface area contributed by atoms with Gasteiger partial charge in [-0.05, 0) is 18.2 Å². The van der Waals surface area contributed by atoms with E-state index in [1.807, 2.05) is 0 Å². The second-order valence-corrected chi connectivity index (χ2v) is 3.70. The number of hydrogen-bond acceptors (Lipinski definition) is 5. The van der Waals surface area contributed by atoms with Crippen LogP contribution in [-0.4, -0.2) is 22.3 Å². The van der Waals surface area contributed by atoms with Crippen LogP contribution in [-0.2, 0) is 0 Å². The van der Waals surface area contributed by atoms with Gasteiger partial charge in [0.05, 0.1) is 4.92 Å². The van der Waals surface area contributed by atoms with Gasteiger partial charge in [-0.25, -0.2) is 9.18 Å². The first kappa shape index (κ1) is 13.4. The third-order valence-corrected chi connectivity index (χ3v) is 2.53. The molecule has 0 spiro atoms. The molecule has 0 unspecified atom stereocenters. The minimum Gasteiger partial charge on any atom is -0.478 e. The number of furan rings is 1. The number of rotatable bonds is 4. The molecular weight excluding hydrogens is 273 g/mol. The summed E-state index contributed by atoms with van der Waals surface area (Å²) in [6.07, 6.45) is 0.342. The van der Waals surface area contributed by atoms with Crippen LogP contribution < -0.4 is 0 Å². The molecule has 1 aromatic heterocycles. The average molecular weight is 279 g/mol. The smallest absolute Gasteiger partial charge is 0.339 e. The lowest BCUT2D eigenvalue weighted by molar-refractivity contribution is -0.384. The quantitative estimate of drug-likeness (QED) is 0.523. The Morgan fingerprint density at radius 1 is 1.35 bits per heavy atom. The molecule has 0 radical (unpaired) electrons. The molecule has 102 valence electrons. The summed E-state index contributed by atoms with van der Waals surface area (Å²) in [7, 11) is 0. The predicted octanol–water partition coefficient (Wildman–Crippen LogP) is 2.50. The number of nitro groups is 1. The Balaban J connectivity index is 2.82. The van der Waals surface area contributed by atoms with Gasteiger partial charge in [0.25, 0.3) is 5.69 Å². The van der Waals surface area contributed by atoms with E-state index >= 15 is 0 Å². The number of carboxylic acid groups (broad SMARTS) is 1. The molecule has 1 N–H and O–H groups in total. The van der Waals surface area contributed by atoms with Gasteiger partial charge in [0, 0.05) is 6.07 Å². The number of benzene rings is 1. The summed E-state index contributed by atoms with van der Waals surface area (Å²) in [6, 6.07) is 3.88. The van der Waals surface area contributed by atoms with E-state index in [0.29, 0.717) is 12.4 Å². The van der Waals surface area contributed by atoms with Crippen molar-refractivity contribution in [1.29, 1.82) is 0 Å². The fourth-order valence-electron chi connectivity index (χ4n) is 1.73. The van der Waals surface area contributed by atoms with Crippen LogP contribution >= 0.6 is 0 Å². The lowest BCUT2D eigenvalue weighted by atomic mass is 10.0. The number of aldehydes is 1. The molecule has 0 aliphatic heterocycles. The summed E-state index contributed by atoms with van der Waals surface area (Å²) in [5.74, 6) is -3.24. The van der Waals surface area contributed by atoms with Crippen molar-refractivity contribution in [3.05, 3.63) is 51.5 Å². The van der Waals surface area contributed by atoms with E-state index in [2.05, 4.69) is 0 Å². The van der Waals surface area contributed by atoms with E-state index in [1.165, 1.54) is 6.07 Å². The molecule has 2 rings (SSSR count). The highest BCUT2D eigenvalue weighted by atomic mass is 19.1. The van der Waals surface area contributed by atoms with Crippen LogP contribution in [0.2, 0.25) is 0 Å². The highest BCUT2D eigenvalue weighted by Gasteiger charge is 2.28. The summed E-state index contributed by atoms with van der Waals surface area (Å²) < 4.78 is 18.6. The highest BCUT2D eigenvalue weighted by Crippen LogP contribution is 2.35. The van der Waals surface area contributed by atoms with Gasteiger partial charge in [0.15, 0.2) is 12.0 Å². The minimum absolute atomic E-state index is 0.158. The van der Waals surface area contributed by atoms with Crippen LogP contribution in [0, 0.1) is 15.9 Å². The zero-order valence-corrected chi connectivity index (χ0v) is 9.70. The molecule has 2 aromatic rings. The van der Waals surface area contributed by atoms with Gasteiger partial charge in [0.1, 0.15) is 22.7 Å². The summed E-state index contributed by atoms with van der Waals surface area (Å²) in [5.41, 5.74) is -2.03. The molecule has 1 heterocycles. The van der Waals surface area contributed by atoms with Crippen molar-refractivity contribution >= 4 is 17.9 Å². The van der Waals surface area contributed by atoms with Gasteiger partial charge in [-0.2, -0.15) is 0 Å². The van der Waals surface area contributed by atoms with E-state index in [-0.39, 0.29) is 11.5 Å². The maximum absolute atomic E-state index is 13.6. The maximum Gasteiger partial charge on any atom is 0.339 e. The lowest BCUT2D eigenvalue weighted by Gasteiger charge is -2.05. The van der Waals surface area contributed by atoms with Crippen molar-refractivity contribution in [2.45, 2.75) is 0 Å². The molecule has 1 aromatic carbocycles. The number of nitrogens with zero attached hydrogens (tertiary/aromatic N) is 1. The molecule has 0 saturated heterocycles. The van der Waals surface area contributed by atoms with Gasteiger partial charge >= 0.3 is 5.97 Å². The molecule has 0 bridgehead atoms. The number of aromatic carboxylic acids is 1. The lowest BCUT2D eigenvalue weighted by Crippen LogP contribution is -2.06. The first-order valence-electron chi connectivity index (χ1n) is 5.21. The fraction of sp³-hybridized carbons (Fsp3) is 0. The topological polar surface area (TPSA) is 111 Å². The van der Waals surface area contributed by atoms with Gasteiger partial charge in [-0.1, -0.05) is 0 Å². The predicted molar refractivity (Wildman–Crippen MR) is 63.1 cm³/mol. The van der Waals surface area contributed by atoms with Gasteiger partial charge < -0.3 is 9.52 Å². The van der Waals surface area contributed by atoms with Gasteiger partial charge in [-0.3, -0.25) is 14.9 Å². The van der Waals surface area contributed by atoms with Gasteiger partial charge in [0.2, 0.25) is 0 Å². The molecule has 0 aliphatic carbocycles. The van der Waals surface area contributed by atoms with Crippen LogP contribution in [0.1, 0.15) is 20.9 Å². The fourth-order valence-corrected chi connectivity index (χ4v) is 1.73. The molecule has 0 atom stereocenters. The minimum atomic E-state index is -1.68. The maximum atomic E-state index is 13.6. The van der Waals surface area contributed by atoms with E-state index in [1.54, 1.807) is 0 Å². The molecule has 0 saturated carbocycles. The Morgan fingerprint density at radius 3 is 2.55 bits per heavy atom. The number of nitro benzene ring substituents is 1.